The van der Waals surface area contributed by atoms with E-state index in [4.69, 9.17) is 5.26 Å². The largest absolute Gasteiger partial charge is 0.317 e. The summed E-state index contributed by atoms with van der Waals surface area (Å²) in [5.74, 6) is 0. The van der Waals surface area contributed by atoms with Gasteiger partial charge in [0, 0.05) is 13.1 Å². The summed E-state index contributed by atoms with van der Waals surface area (Å²) in [6, 6.07) is 6.76. The molecule has 1 heterocycles. The van der Waals surface area contributed by atoms with Crippen LogP contribution in [0.1, 0.15) is 24.0 Å². The van der Waals surface area contributed by atoms with Crippen LogP contribution in [0.25, 0.3) is 0 Å². The molecular formula is C14H19N3O2S. The molecule has 1 fully saturated rings. The molecule has 0 aliphatic carbocycles. The molecule has 0 saturated carbocycles. The van der Waals surface area contributed by atoms with Gasteiger partial charge in [-0.3, -0.25) is 0 Å². The first-order valence-corrected chi connectivity index (χ1v) is 8.10. The van der Waals surface area contributed by atoms with E-state index in [9.17, 15) is 8.42 Å². The Balaban J connectivity index is 2.32. The van der Waals surface area contributed by atoms with E-state index in [1.165, 1.54) is 10.4 Å². The van der Waals surface area contributed by atoms with Gasteiger partial charge in [0.05, 0.1) is 16.5 Å². The third-order valence-electron chi connectivity index (χ3n) is 3.78. The number of piperidine rings is 1. The molecule has 0 amide bonds. The second kappa shape index (κ2) is 5.92. The molecule has 1 saturated heterocycles. The zero-order valence-corrected chi connectivity index (χ0v) is 12.6. The summed E-state index contributed by atoms with van der Waals surface area (Å²) < 4.78 is 26.8. The zero-order valence-electron chi connectivity index (χ0n) is 11.8. The highest BCUT2D eigenvalue weighted by Gasteiger charge is 2.29. The number of nitrogens with one attached hydrogen (secondary N) is 1. The van der Waals surface area contributed by atoms with Crippen LogP contribution in [0.5, 0.6) is 0 Å². The zero-order chi connectivity index (χ0) is 14.8. The average molecular weight is 293 g/mol. The fourth-order valence-corrected chi connectivity index (χ4v) is 4.15. The summed E-state index contributed by atoms with van der Waals surface area (Å²) >= 11 is 0. The van der Waals surface area contributed by atoms with E-state index in [-0.39, 0.29) is 10.9 Å². The molecule has 0 spiro atoms. The van der Waals surface area contributed by atoms with Crippen molar-refractivity contribution in [3.63, 3.8) is 0 Å². The van der Waals surface area contributed by atoms with Crippen LogP contribution in [-0.2, 0) is 10.0 Å². The van der Waals surface area contributed by atoms with Crippen LogP contribution in [-0.4, -0.2) is 38.9 Å². The lowest BCUT2D eigenvalue weighted by Gasteiger charge is -2.31. The smallest absolute Gasteiger partial charge is 0.243 e. The van der Waals surface area contributed by atoms with Crippen molar-refractivity contribution < 1.29 is 8.42 Å². The fourth-order valence-electron chi connectivity index (χ4n) is 2.53. The number of hydrogen-bond acceptors (Lipinski definition) is 4. The monoisotopic (exact) mass is 293 g/mol. The fraction of sp³-hybridized carbons (Fsp3) is 0.500. The average Bonchev–Trinajstić information content (AvgIpc) is 2.46. The minimum atomic E-state index is -3.50. The van der Waals surface area contributed by atoms with Gasteiger partial charge in [-0.25, -0.2) is 8.42 Å². The van der Waals surface area contributed by atoms with Crippen molar-refractivity contribution >= 4 is 10.0 Å². The number of nitriles is 1. The van der Waals surface area contributed by atoms with E-state index >= 15 is 0 Å². The molecular weight excluding hydrogens is 274 g/mol. The first-order valence-electron chi connectivity index (χ1n) is 6.66. The van der Waals surface area contributed by atoms with Gasteiger partial charge in [-0.15, -0.1) is 0 Å². The van der Waals surface area contributed by atoms with Crippen molar-refractivity contribution in [3.8, 4) is 6.07 Å². The minimum Gasteiger partial charge on any atom is -0.317 e. The van der Waals surface area contributed by atoms with Gasteiger partial charge in [0.2, 0.25) is 10.0 Å². The maximum absolute atomic E-state index is 12.7. The van der Waals surface area contributed by atoms with E-state index in [1.54, 1.807) is 26.1 Å². The molecule has 0 unspecified atom stereocenters. The molecule has 1 aromatic carbocycles. The van der Waals surface area contributed by atoms with E-state index in [0.717, 1.165) is 25.9 Å². The van der Waals surface area contributed by atoms with Crippen molar-refractivity contribution in [2.45, 2.75) is 30.7 Å². The molecule has 5 nitrogen and oxygen atoms in total. The Morgan fingerprint density at radius 2 is 2.00 bits per heavy atom. The highest BCUT2D eigenvalue weighted by molar-refractivity contribution is 7.89. The Kier molecular flexibility index (Phi) is 4.43. The molecule has 1 aliphatic heterocycles. The Morgan fingerprint density at radius 1 is 1.35 bits per heavy atom. The highest BCUT2D eigenvalue weighted by atomic mass is 32.2. The summed E-state index contributed by atoms with van der Waals surface area (Å²) in [5.41, 5.74) is 1.09. The SMILES string of the molecule is Cc1cc(C#N)ccc1S(=O)(=O)N(C)C1CCNCC1. The molecule has 1 aliphatic rings. The third kappa shape index (κ3) is 2.85. The van der Waals surface area contributed by atoms with Crippen LogP contribution < -0.4 is 5.32 Å². The van der Waals surface area contributed by atoms with Gasteiger partial charge >= 0.3 is 0 Å². The molecule has 0 radical (unpaired) electrons. The number of sulfonamides is 1. The van der Waals surface area contributed by atoms with E-state index in [2.05, 4.69) is 5.32 Å². The highest BCUT2D eigenvalue weighted by Crippen LogP contribution is 2.24. The number of hydrogen-bond donors (Lipinski definition) is 1. The van der Waals surface area contributed by atoms with Crippen LogP contribution in [0.15, 0.2) is 23.1 Å². The van der Waals surface area contributed by atoms with Crippen molar-refractivity contribution in [3.05, 3.63) is 29.3 Å². The molecule has 20 heavy (non-hydrogen) atoms. The summed E-state index contributed by atoms with van der Waals surface area (Å²) in [4.78, 5) is 0.289. The standard InChI is InChI=1S/C14H19N3O2S/c1-11-9-12(10-15)3-4-14(11)20(18,19)17(2)13-5-7-16-8-6-13/h3-4,9,13,16H,5-8H2,1-2H3. The summed E-state index contributed by atoms with van der Waals surface area (Å²) in [7, 11) is -1.86. The van der Waals surface area contributed by atoms with Gasteiger partial charge in [-0.1, -0.05) is 0 Å². The summed E-state index contributed by atoms with van der Waals surface area (Å²) in [6.07, 6.45) is 1.65. The lowest BCUT2D eigenvalue weighted by atomic mass is 10.1. The predicted octanol–water partition coefficient (Wildman–Crippen LogP) is 1.24. The van der Waals surface area contributed by atoms with Crippen LogP contribution >= 0.6 is 0 Å². The second-order valence-electron chi connectivity index (χ2n) is 5.09. The van der Waals surface area contributed by atoms with Gasteiger partial charge in [0.15, 0.2) is 0 Å². The summed E-state index contributed by atoms with van der Waals surface area (Å²) in [5, 5.41) is 12.1. The molecule has 1 N–H and O–H groups in total. The van der Waals surface area contributed by atoms with Crippen LogP contribution in [0.4, 0.5) is 0 Å². The lowest BCUT2D eigenvalue weighted by molar-refractivity contribution is 0.296. The molecule has 0 bridgehead atoms. The molecule has 108 valence electrons. The quantitative estimate of drug-likeness (QED) is 0.910. The van der Waals surface area contributed by atoms with E-state index in [1.807, 2.05) is 6.07 Å². The predicted molar refractivity (Wildman–Crippen MR) is 76.7 cm³/mol. The number of benzene rings is 1. The van der Waals surface area contributed by atoms with Crippen LogP contribution in [0, 0.1) is 18.3 Å². The Hall–Kier alpha value is -1.42. The first kappa shape index (κ1) is 15.0. The van der Waals surface area contributed by atoms with Crippen molar-refractivity contribution in [1.82, 2.24) is 9.62 Å². The molecule has 0 atom stereocenters. The van der Waals surface area contributed by atoms with Crippen molar-refractivity contribution in [2.24, 2.45) is 0 Å². The maximum atomic E-state index is 12.7. The van der Waals surface area contributed by atoms with Gasteiger partial charge in [0.1, 0.15) is 0 Å². The van der Waals surface area contributed by atoms with E-state index < -0.39 is 10.0 Å². The first-order chi connectivity index (χ1) is 9.46. The van der Waals surface area contributed by atoms with Gasteiger partial charge < -0.3 is 5.32 Å². The summed E-state index contributed by atoms with van der Waals surface area (Å²) in [6.45, 7) is 3.41. The minimum absolute atomic E-state index is 0.0382. The number of rotatable bonds is 3. The molecule has 6 heteroatoms. The second-order valence-corrected chi connectivity index (χ2v) is 7.06. The third-order valence-corrected chi connectivity index (χ3v) is 5.85. The molecule has 0 aromatic heterocycles. The molecule has 2 rings (SSSR count). The van der Waals surface area contributed by atoms with Gasteiger partial charge in [-0.2, -0.15) is 9.57 Å². The van der Waals surface area contributed by atoms with Crippen LogP contribution in [0.3, 0.4) is 0 Å². The molecule has 1 aromatic rings. The number of nitrogens with zero attached hydrogens (tertiary/aromatic N) is 2. The normalized spacial score (nSPS) is 17.1. The van der Waals surface area contributed by atoms with Crippen LogP contribution in [0.2, 0.25) is 0 Å². The lowest BCUT2D eigenvalue weighted by Crippen LogP contribution is -2.44. The topological polar surface area (TPSA) is 73.2 Å². The van der Waals surface area contributed by atoms with Crippen molar-refractivity contribution in [2.75, 3.05) is 20.1 Å². The maximum Gasteiger partial charge on any atom is 0.243 e. The van der Waals surface area contributed by atoms with Gasteiger partial charge in [0.25, 0.3) is 0 Å². The Bertz CT molecular complexity index is 628. The Morgan fingerprint density at radius 3 is 2.55 bits per heavy atom. The van der Waals surface area contributed by atoms with Gasteiger partial charge in [-0.05, 0) is 56.6 Å². The van der Waals surface area contributed by atoms with E-state index in [0.29, 0.717) is 11.1 Å². The number of aryl methyl sites for hydroxylation is 1. The van der Waals surface area contributed by atoms with Crippen molar-refractivity contribution in [1.29, 1.82) is 5.26 Å². The Labute approximate surface area is 120 Å².